The van der Waals surface area contributed by atoms with Gasteiger partial charge >= 0.3 is 0 Å². The molecule has 0 unspecified atom stereocenters. The second kappa shape index (κ2) is 4.18. The van der Waals surface area contributed by atoms with Crippen LogP contribution in [0.15, 0.2) is 66.2 Å². The van der Waals surface area contributed by atoms with Crippen molar-refractivity contribution in [3.05, 3.63) is 66.2 Å². The average Bonchev–Trinajstić information content (AvgIpc) is 3.00. The predicted octanol–water partition coefficient (Wildman–Crippen LogP) is 5.12. The molecule has 0 saturated heterocycles. The molecule has 2 aromatic carbocycles. The van der Waals surface area contributed by atoms with Gasteiger partial charge < -0.3 is 0 Å². The van der Waals surface area contributed by atoms with Gasteiger partial charge in [-0.05, 0) is 29.0 Å². The number of nitrogens with zero attached hydrogens (tertiary/aromatic N) is 1. The fourth-order valence-electron chi connectivity index (χ4n) is 2.54. The summed E-state index contributed by atoms with van der Waals surface area (Å²) in [7, 11) is 0. The van der Waals surface area contributed by atoms with Crippen LogP contribution in [-0.4, -0.2) is 4.98 Å². The van der Waals surface area contributed by atoms with E-state index in [0.29, 0.717) is 0 Å². The monoisotopic (exact) mass is 261 g/mol. The van der Waals surface area contributed by atoms with Crippen LogP contribution in [0.4, 0.5) is 0 Å². The highest BCUT2D eigenvalue weighted by Gasteiger charge is 2.09. The molecular formula is C17H11NS. The van der Waals surface area contributed by atoms with Crippen LogP contribution in [0.25, 0.3) is 32.1 Å². The zero-order valence-electron chi connectivity index (χ0n) is 10.2. The lowest BCUT2D eigenvalue weighted by molar-refractivity contribution is 1.43. The van der Waals surface area contributed by atoms with E-state index in [0.717, 1.165) is 5.52 Å². The summed E-state index contributed by atoms with van der Waals surface area (Å²) in [5, 5.41) is 5.81. The molecule has 0 radical (unpaired) electrons. The van der Waals surface area contributed by atoms with E-state index < -0.39 is 0 Å². The van der Waals surface area contributed by atoms with Crippen molar-refractivity contribution >= 4 is 33.0 Å². The van der Waals surface area contributed by atoms with Gasteiger partial charge in [0.25, 0.3) is 0 Å². The molecule has 2 heteroatoms. The highest BCUT2D eigenvalue weighted by Crippen LogP contribution is 2.35. The van der Waals surface area contributed by atoms with Gasteiger partial charge in [-0.25, -0.2) is 0 Å². The minimum Gasteiger partial charge on any atom is -0.256 e. The molecule has 2 heterocycles. The van der Waals surface area contributed by atoms with Crippen LogP contribution in [0.2, 0.25) is 0 Å². The molecule has 0 atom stereocenters. The predicted molar refractivity (Wildman–Crippen MR) is 82.6 cm³/mol. The van der Waals surface area contributed by atoms with Crippen molar-refractivity contribution in [3.8, 4) is 10.4 Å². The molecule has 0 N–H and O–H groups in total. The van der Waals surface area contributed by atoms with Gasteiger partial charge in [0.1, 0.15) is 0 Å². The fourth-order valence-corrected chi connectivity index (χ4v) is 3.30. The lowest BCUT2D eigenvalue weighted by Crippen LogP contribution is -1.84. The van der Waals surface area contributed by atoms with Gasteiger partial charge in [0.05, 0.1) is 5.52 Å². The van der Waals surface area contributed by atoms with Crippen molar-refractivity contribution in [2.45, 2.75) is 0 Å². The van der Waals surface area contributed by atoms with Crippen molar-refractivity contribution in [2.75, 3.05) is 0 Å². The Kier molecular flexibility index (Phi) is 2.35. The zero-order chi connectivity index (χ0) is 12.7. The van der Waals surface area contributed by atoms with E-state index in [1.165, 1.54) is 26.6 Å². The highest BCUT2D eigenvalue weighted by molar-refractivity contribution is 7.13. The standard InChI is InChI=1S/C17H11NS/c1-2-6-13-12(5-1)11-15(16-8-4-10-19-16)14-7-3-9-18-17(13)14/h1-11H. The second-order valence-electron chi connectivity index (χ2n) is 4.52. The molecule has 1 nitrogen and oxygen atoms in total. The van der Waals surface area contributed by atoms with E-state index in [-0.39, 0.29) is 0 Å². The van der Waals surface area contributed by atoms with Crippen LogP contribution in [0.1, 0.15) is 0 Å². The maximum absolute atomic E-state index is 4.58. The van der Waals surface area contributed by atoms with Gasteiger partial charge in [-0.3, -0.25) is 4.98 Å². The molecule has 0 spiro atoms. The number of benzene rings is 2. The summed E-state index contributed by atoms with van der Waals surface area (Å²) in [6.07, 6.45) is 1.87. The smallest absolute Gasteiger partial charge is 0.0786 e. The lowest BCUT2D eigenvalue weighted by Gasteiger charge is -2.08. The van der Waals surface area contributed by atoms with Crippen LogP contribution < -0.4 is 0 Å². The molecule has 0 amide bonds. The highest BCUT2D eigenvalue weighted by atomic mass is 32.1. The Morgan fingerprint density at radius 2 is 1.74 bits per heavy atom. The van der Waals surface area contributed by atoms with Gasteiger partial charge in [-0.15, -0.1) is 11.3 Å². The van der Waals surface area contributed by atoms with E-state index in [2.05, 4.69) is 58.9 Å². The summed E-state index contributed by atoms with van der Waals surface area (Å²) in [5.74, 6) is 0. The Morgan fingerprint density at radius 1 is 0.842 bits per heavy atom. The van der Waals surface area contributed by atoms with Gasteiger partial charge in [-0.2, -0.15) is 0 Å². The molecule has 19 heavy (non-hydrogen) atoms. The number of thiophene rings is 1. The van der Waals surface area contributed by atoms with Crippen molar-refractivity contribution < 1.29 is 0 Å². The van der Waals surface area contributed by atoms with Crippen molar-refractivity contribution in [1.29, 1.82) is 0 Å². The van der Waals surface area contributed by atoms with E-state index in [4.69, 9.17) is 0 Å². The first kappa shape index (κ1) is 10.7. The third-order valence-corrected chi connectivity index (χ3v) is 4.30. The van der Waals surface area contributed by atoms with E-state index >= 15 is 0 Å². The Morgan fingerprint density at radius 3 is 2.63 bits per heavy atom. The minimum absolute atomic E-state index is 1.09. The molecule has 0 aliphatic heterocycles. The molecule has 0 fully saturated rings. The first-order valence-corrected chi connectivity index (χ1v) is 7.12. The van der Waals surface area contributed by atoms with E-state index in [9.17, 15) is 0 Å². The first-order valence-electron chi connectivity index (χ1n) is 6.24. The van der Waals surface area contributed by atoms with Crippen LogP contribution in [0.3, 0.4) is 0 Å². The quantitative estimate of drug-likeness (QED) is 0.433. The number of hydrogen-bond acceptors (Lipinski definition) is 2. The molecule has 4 aromatic rings. The van der Waals surface area contributed by atoms with Crippen LogP contribution >= 0.6 is 11.3 Å². The molecule has 4 rings (SSSR count). The SMILES string of the molecule is c1csc(-c2cc3ccccc3c3ncccc23)c1. The van der Waals surface area contributed by atoms with Crippen LogP contribution in [0, 0.1) is 0 Å². The van der Waals surface area contributed by atoms with Crippen LogP contribution in [0.5, 0.6) is 0 Å². The Balaban J connectivity index is 2.22. The first-order chi connectivity index (χ1) is 9.43. The van der Waals surface area contributed by atoms with Gasteiger partial charge in [0.2, 0.25) is 0 Å². The average molecular weight is 261 g/mol. The summed E-state index contributed by atoms with van der Waals surface area (Å²) < 4.78 is 0. The van der Waals surface area contributed by atoms with E-state index in [1.807, 2.05) is 12.3 Å². The Labute approximate surface area is 115 Å². The van der Waals surface area contributed by atoms with E-state index in [1.54, 1.807) is 11.3 Å². The number of hydrogen-bond donors (Lipinski definition) is 0. The third-order valence-electron chi connectivity index (χ3n) is 3.40. The van der Waals surface area contributed by atoms with Crippen molar-refractivity contribution in [3.63, 3.8) is 0 Å². The maximum atomic E-state index is 4.58. The van der Waals surface area contributed by atoms with Crippen molar-refractivity contribution in [2.24, 2.45) is 0 Å². The van der Waals surface area contributed by atoms with Gasteiger partial charge in [0.15, 0.2) is 0 Å². The Hall–Kier alpha value is -2.19. The number of pyridine rings is 1. The number of rotatable bonds is 1. The molecule has 2 aromatic heterocycles. The summed E-state index contributed by atoms with van der Waals surface area (Å²) >= 11 is 1.77. The number of aromatic nitrogens is 1. The maximum Gasteiger partial charge on any atom is 0.0786 e. The largest absolute Gasteiger partial charge is 0.256 e. The second-order valence-corrected chi connectivity index (χ2v) is 5.47. The summed E-state index contributed by atoms with van der Waals surface area (Å²) in [4.78, 5) is 5.88. The lowest BCUT2D eigenvalue weighted by atomic mass is 10.00. The topological polar surface area (TPSA) is 12.9 Å². The fraction of sp³-hybridized carbons (Fsp3) is 0. The van der Waals surface area contributed by atoms with Crippen LogP contribution in [-0.2, 0) is 0 Å². The molecule has 0 saturated carbocycles. The molecule has 0 bridgehead atoms. The normalized spacial score (nSPS) is 11.2. The summed E-state index contributed by atoms with van der Waals surface area (Å²) in [5.41, 5.74) is 2.36. The molecule has 0 aliphatic carbocycles. The molecule has 90 valence electrons. The summed E-state index contributed by atoms with van der Waals surface area (Å²) in [6, 6.07) is 19.1. The molecular weight excluding hydrogens is 250 g/mol. The van der Waals surface area contributed by atoms with Gasteiger partial charge in [0, 0.05) is 27.4 Å². The minimum atomic E-state index is 1.09. The Bertz CT molecular complexity index is 863. The third kappa shape index (κ3) is 1.65. The van der Waals surface area contributed by atoms with Crippen molar-refractivity contribution in [1.82, 2.24) is 4.98 Å². The molecule has 0 aliphatic rings. The van der Waals surface area contributed by atoms with Gasteiger partial charge in [-0.1, -0.05) is 36.4 Å². The number of fused-ring (bicyclic) bond motifs is 3. The zero-order valence-corrected chi connectivity index (χ0v) is 11.0. The summed E-state index contributed by atoms with van der Waals surface area (Å²) in [6.45, 7) is 0.